The fourth-order valence-electron chi connectivity index (χ4n) is 0.627. The number of alkyl halides is 2. The molecule has 0 saturated carbocycles. The van der Waals surface area contributed by atoms with E-state index in [1.165, 1.54) is 6.92 Å². The van der Waals surface area contributed by atoms with Crippen LogP contribution in [0.4, 0.5) is 8.78 Å². The van der Waals surface area contributed by atoms with Gasteiger partial charge in [0.1, 0.15) is 0 Å². The van der Waals surface area contributed by atoms with E-state index in [1.807, 2.05) is 0 Å². The van der Waals surface area contributed by atoms with Crippen molar-refractivity contribution in [1.29, 1.82) is 0 Å². The van der Waals surface area contributed by atoms with E-state index in [0.717, 1.165) is 0 Å². The van der Waals surface area contributed by atoms with Gasteiger partial charge in [-0.25, -0.2) is 8.78 Å². The van der Waals surface area contributed by atoms with Gasteiger partial charge in [0.05, 0.1) is 12.2 Å². The van der Waals surface area contributed by atoms with Gasteiger partial charge < -0.3 is 5.11 Å². The minimum absolute atomic E-state index is 0.334. The highest BCUT2D eigenvalue weighted by molar-refractivity contribution is 7.85. The summed E-state index contributed by atoms with van der Waals surface area (Å²) in [6, 6.07) is 0. The van der Waals surface area contributed by atoms with Crippen LogP contribution in [0.15, 0.2) is 0 Å². The van der Waals surface area contributed by atoms with E-state index in [1.54, 1.807) is 0 Å². The Morgan fingerprint density at radius 2 is 2.08 bits per heavy atom. The summed E-state index contributed by atoms with van der Waals surface area (Å²) in [5.41, 5.74) is 0. The molecule has 72 valence electrons. The van der Waals surface area contributed by atoms with Crippen molar-refractivity contribution in [2.45, 2.75) is 25.0 Å². The molecule has 2 unspecified atom stereocenters. The second-order valence-electron chi connectivity index (χ2n) is 2.35. The zero-order chi connectivity index (χ0) is 9.72. The molecule has 0 aromatic rings. The molecule has 2 atom stereocenters. The van der Waals surface area contributed by atoms with Crippen molar-refractivity contribution in [3.05, 3.63) is 0 Å². The Labute approximate surface area is 71.2 Å². The second-order valence-corrected chi connectivity index (χ2v) is 4.25. The van der Waals surface area contributed by atoms with E-state index >= 15 is 0 Å². The molecule has 0 spiro atoms. The number of hydrogen-bond donors (Lipinski definition) is 1. The topological polar surface area (TPSA) is 54.4 Å². The van der Waals surface area contributed by atoms with Crippen molar-refractivity contribution < 1.29 is 22.9 Å². The van der Waals surface area contributed by atoms with E-state index < -0.39 is 34.2 Å². The van der Waals surface area contributed by atoms with Crippen molar-refractivity contribution in [3.8, 4) is 0 Å². The van der Waals surface area contributed by atoms with E-state index in [2.05, 4.69) is 0 Å². The Balaban J connectivity index is 3.85. The smallest absolute Gasteiger partial charge is 0.304 e. The van der Waals surface area contributed by atoms with Gasteiger partial charge in [0.2, 0.25) is 6.43 Å². The number of rotatable bonds is 5. The third-order valence-corrected chi connectivity index (χ3v) is 2.85. The van der Waals surface area contributed by atoms with Crippen molar-refractivity contribution in [2.75, 3.05) is 5.75 Å². The molecule has 0 heterocycles. The van der Waals surface area contributed by atoms with E-state index in [9.17, 15) is 17.8 Å². The normalized spacial score (nSPS) is 16.0. The molecule has 1 N–H and O–H groups in total. The van der Waals surface area contributed by atoms with Crippen LogP contribution >= 0.6 is 0 Å². The minimum Gasteiger partial charge on any atom is -0.481 e. The van der Waals surface area contributed by atoms with Gasteiger partial charge in [-0.15, -0.1) is 0 Å². The van der Waals surface area contributed by atoms with E-state index in [4.69, 9.17) is 5.11 Å². The Bertz CT molecular complexity index is 184. The molecule has 0 bridgehead atoms. The number of aliphatic carboxylic acids is 1. The van der Waals surface area contributed by atoms with Crippen molar-refractivity contribution in [1.82, 2.24) is 0 Å². The van der Waals surface area contributed by atoms with E-state index in [0.29, 0.717) is 0 Å². The number of carboxylic acid groups (broad SMARTS) is 1. The third kappa shape index (κ3) is 5.17. The molecule has 3 nitrogen and oxygen atoms in total. The Kier molecular flexibility index (Phi) is 4.96. The molecule has 6 heteroatoms. The van der Waals surface area contributed by atoms with Crippen LogP contribution in [0.25, 0.3) is 0 Å². The lowest BCUT2D eigenvalue weighted by molar-refractivity contribution is -0.136. The highest BCUT2D eigenvalue weighted by Gasteiger charge is 2.18. The van der Waals surface area contributed by atoms with Crippen LogP contribution in [0.5, 0.6) is 0 Å². The van der Waals surface area contributed by atoms with Crippen LogP contribution in [0.1, 0.15) is 13.3 Å². The maximum Gasteiger partial charge on any atom is 0.304 e. The molecule has 0 rings (SSSR count). The van der Waals surface area contributed by atoms with Crippen molar-refractivity contribution >= 4 is 16.8 Å². The van der Waals surface area contributed by atoms with Crippen LogP contribution in [-0.2, 0) is 15.6 Å². The molecule has 0 aliphatic rings. The van der Waals surface area contributed by atoms with Gasteiger partial charge >= 0.3 is 5.97 Å². The average molecular weight is 200 g/mol. The summed E-state index contributed by atoms with van der Waals surface area (Å²) in [6.07, 6.45) is -2.97. The Morgan fingerprint density at radius 1 is 1.58 bits per heavy atom. The highest BCUT2D eigenvalue weighted by Crippen LogP contribution is 2.05. The quantitative estimate of drug-likeness (QED) is 0.716. The van der Waals surface area contributed by atoms with Crippen LogP contribution in [-0.4, -0.2) is 32.7 Å². The van der Waals surface area contributed by atoms with Crippen LogP contribution < -0.4 is 0 Å². The summed E-state index contributed by atoms with van der Waals surface area (Å²) in [4.78, 5) is 10.1. The maximum absolute atomic E-state index is 11.6. The summed E-state index contributed by atoms with van der Waals surface area (Å²) < 4.78 is 34.1. The number of halogens is 2. The number of carbonyl (C=O) groups is 1. The summed E-state index contributed by atoms with van der Waals surface area (Å²) >= 11 is 0. The molecule has 0 aromatic heterocycles. The van der Waals surface area contributed by atoms with Gasteiger partial charge in [-0.05, 0) is 0 Å². The fourth-order valence-corrected chi connectivity index (χ4v) is 1.53. The highest BCUT2D eigenvalue weighted by atomic mass is 32.2. The minimum atomic E-state index is -2.64. The molecule has 0 aromatic carbocycles. The first-order chi connectivity index (χ1) is 5.43. The van der Waals surface area contributed by atoms with Crippen LogP contribution in [0, 0.1) is 0 Å². The third-order valence-electron chi connectivity index (χ3n) is 1.20. The van der Waals surface area contributed by atoms with Gasteiger partial charge in [0.25, 0.3) is 0 Å². The number of carboxylic acids is 1. The lowest BCUT2D eigenvalue weighted by atomic mass is 10.3. The first-order valence-corrected chi connectivity index (χ1v) is 4.68. The fraction of sp³-hybridized carbons (Fsp3) is 0.833. The molecule has 0 fully saturated rings. The van der Waals surface area contributed by atoms with Gasteiger partial charge in [-0.2, -0.15) is 0 Å². The monoisotopic (exact) mass is 200 g/mol. The zero-order valence-corrected chi connectivity index (χ0v) is 7.31. The summed E-state index contributed by atoms with van der Waals surface area (Å²) in [7, 11) is -1.75. The Hall–Kier alpha value is -0.520. The molecular weight excluding hydrogens is 190 g/mol. The molecule has 12 heavy (non-hydrogen) atoms. The first kappa shape index (κ1) is 11.5. The average Bonchev–Trinajstić information content (AvgIpc) is 1.84. The second kappa shape index (κ2) is 5.18. The first-order valence-electron chi connectivity index (χ1n) is 3.30. The zero-order valence-electron chi connectivity index (χ0n) is 6.50. The Morgan fingerprint density at radius 3 is 2.42 bits per heavy atom. The molecule has 0 saturated heterocycles. The van der Waals surface area contributed by atoms with E-state index in [-0.39, 0.29) is 6.42 Å². The molecule has 0 amide bonds. The van der Waals surface area contributed by atoms with Gasteiger partial charge in [0, 0.05) is 16.0 Å². The summed E-state index contributed by atoms with van der Waals surface area (Å²) in [5, 5.41) is 7.53. The number of hydrogen-bond acceptors (Lipinski definition) is 2. The van der Waals surface area contributed by atoms with Crippen LogP contribution in [0.2, 0.25) is 0 Å². The van der Waals surface area contributed by atoms with Gasteiger partial charge in [-0.1, -0.05) is 6.92 Å². The SMILES string of the molecule is CC(CC(=O)O)S(=O)CC(F)F. The largest absolute Gasteiger partial charge is 0.481 e. The molecule has 0 aliphatic carbocycles. The summed E-state index contributed by atoms with van der Waals surface area (Å²) in [5.74, 6) is -1.86. The van der Waals surface area contributed by atoms with Gasteiger partial charge in [0.15, 0.2) is 0 Å². The predicted octanol–water partition coefficient (Wildman–Crippen LogP) is 0.863. The van der Waals surface area contributed by atoms with Crippen molar-refractivity contribution in [2.24, 2.45) is 0 Å². The maximum atomic E-state index is 11.6. The molecule has 0 aliphatic heterocycles. The predicted molar refractivity (Wildman–Crippen MR) is 40.7 cm³/mol. The van der Waals surface area contributed by atoms with Crippen LogP contribution in [0.3, 0.4) is 0 Å². The van der Waals surface area contributed by atoms with Crippen molar-refractivity contribution in [3.63, 3.8) is 0 Å². The molecular formula is C6H10F2O3S. The lowest BCUT2D eigenvalue weighted by Gasteiger charge is -2.07. The standard InChI is InChI=1S/C6H10F2O3S/c1-4(2-6(9)10)12(11)3-5(7)8/h4-5H,2-3H2,1H3,(H,9,10). The lowest BCUT2D eigenvalue weighted by Crippen LogP contribution is -2.21. The van der Waals surface area contributed by atoms with Gasteiger partial charge in [-0.3, -0.25) is 9.00 Å². The summed E-state index contributed by atoms with van der Waals surface area (Å²) in [6.45, 7) is 1.38. The molecule has 0 radical (unpaired) electrons.